The van der Waals surface area contributed by atoms with Crippen LogP contribution in [-0.2, 0) is 21.3 Å². The van der Waals surface area contributed by atoms with Crippen molar-refractivity contribution in [3.05, 3.63) is 38.9 Å². The lowest BCUT2D eigenvalue weighted by Crippen LogP contribution is -2.08. The second kappa shape index (κ2) is 5.77. The molecular formula is C11H12BrNO4. The first kappa shape index (κ1) is 13.6. The van der Waals surface area contributed by atoms with Gasteiger partial charge in [0.25, 0.3) is 5.69 Å². The number of nitro benzene ring substituents is 1. The van der Waals surface area contributed by atoms with Crippen molar-refractivity contribution in [2.24, 2.45) is 0 Å². The highest BCUT2D eigenvalue weighted by molar-refractivity contribution is 9.08. The van der Waals surface area contributed by atoms with Gasteiger partial charge in [-0.15, -0.1) is 0 Å². The number of hydrogen-bond acceptors (Lipinski definition) is 4. The van der Waals surface area contributed by atoms with Crippen molar-refractivity contribution in [2.45, 2.75) is 18.7 Å². The second-order valence-corrected chi connectivity index (χ2v) is 4.11. The van der Waals surface area contributed by atoms with Gasteiger partial charge in [0.15, 0.2) is 0 Å². The summed E-state index contributed by atoms with van der Waals surface area (Å²) in [6.07, 6.45) is -0.0871. The number of alkyl halides is 1. The van der Waals surface area contributed by atoms with Gasteiger partial charge in [-0.1, -0.05) is 15.9 Å². The fourth-order valence-electron chi connectivity index (χ4n) is 1.48. The third kappa shape index (κ3) is 3.26. The molecule has 0 radical (unpaired) electrons. The van der Waals surface area contributed by atoms with E-state index in [1.165, 1.54) is 13.2 Å². The third-order valence-corrected chi connectivity index (χ3v) is 3.04. The Balaban J connectivity index is 3.23. The van der Waals surface area contributed by atoms with Crippen molar-refractivity contribution < 1.29 is 14.5 Å². The Morgan fingerprint density at radius 3 is 2.59 bits per heavy atom. The predicted molar refractivity (Wildman–Crippen MR) is 66.2 cm³/mol. The molecule has 0 unspecified atom stereocenters. The number of nitrogens with zero attached hydrogens (tertiary/aromatic N) is 1. The maximum Gasteiger partial charge on any atom is 0.310 e. The van der Waals surface area contributed by atoms with Crippen molar-refractivity contribution >= 4 is 27.6 Å². The Morgan fingerprint density at radius 1 is 1.47 bits per heavy atom. The smallest absolute Gasteiger partial charge is 0.310 e. The summed E-state index contributed by atoms with van der Waals surface area (Å²) in [6, 6.07) is 3.15. The molecule has 0 aliphatic carbocycles. The number of aryl methyl sites for hydroxylation is 1. The Labute approximate surface area is 107 Å². The number of hydrogen-bond donors (Lipinski definition) is 0. The normalized spacial score (nSPS) is 10.1. The number of ether oxygens (including phenoxy) is 1. The zero-order valence-electron chi connectivity index (χ0n) is 9.53. The molecule has 0 aromatic heterocycles. The minimum atomic E-state index is -0.487. The van der Waals surface area contributed by atoms with Crippen molar-refractivity contribution in [1.82, 2.24) is 0 Å². The van der Waals surface area contributed by atoms with Crippen LogP contribution < -0.4 is 0 Å². The van der Waals surface area contributed by atoms with Crippen LogP contribution in [0.2, 0.25) is 0 Å². The van der Waals surface area contributed by atoms with Crippen molar-refractivity contribution in [3.8, 4) is 0 Å². The number of nitro groups is 1. The molecule has 0 saturated heterocycles. The monoisotopic (exact) mass is 301 g/mol. The molecule has 0 amide bonds. The molecule has 92 valence electrons. The van der Waals surface area contributed by atoms with Gasteiger partial charge in [-0.25, -0.2) is 0 Å². The zero-order valence-corrected chi connectivity index (χ0v) is 11.1. The molecule has 0 saturated carbocycles. The van der Waals surface area contributed by atoms with Crippen LogP contribution >= 0.6 is 15.9 Å². The van der Waals surface area contributed by atoms with Gasteiger partial charge in [-0.3, -0.25) is 14.9 Å². The molecule has 1 aromatic carbocycles. The number of carbonyl (C=O) groups excluding carboxylic acids is 1. The van der Waals surface area contributed by atoms with Crippen LogP contribution in [0.1, 0.15) is 16.7 Å². The lowest BCUT2D eigenvalue weighted by Gasteiger charge is -2.07. The molecule has 0 spiro atoms. The Bertz CT molecular complexity index is 459. The number of carbonyl (C=O) groups is 1. The van der Waals surface area contributed by atoms with E-state index in [1.807, 2.05) is 6.92 Å². The van der Waals surface area contributed by atoms with E-state index in [-0.39, 0.29) is 12.1 Å². The number of rotatable bonds is 4. The van der Waals surface area contributed by atoms with Gasteiger partial charge in [0.05, 0.1) is 18.5 Å². The number of methoxy groups -OCH3 is 1. The third-order valence-electron chi connectivity index (χ3n) is 2.44. The fourth-order valence-corrected chi connectivity index (χ4v) is 2.09. The van der Waals surface area contributed by atoms with E-state index in [4.69, 9.17) is 0 Å². The van der Waals surface area contributed by atoms with Crippen molar-refractivity contribution in [1.29, 1.82) is 0 Å². The first-order chi connectivity index (χ1) is 7.99. The molecule has 0 fully saturated rings. The largest absolute Gasteiger partial charge is 0.469 e. The quantitative estimate of drug-likeness (QED) is 0.371. The molecule has 0 aliphatic rings. The first-order valence-corrected chi connectivity index (χ1v) is 6.01. The highest BCUT2D eigenvalue weighted by atomic mass is 79.9. The highest BCUT2D eigenvalue weighted by Gasteiger charge is 2.18. The molecule has 0 N–H and O–H groups in total. The molecular weight excluding hydrogens is 290 g/mol. The van der Waals surface area contributed by atoms with Gasteiger partial charge in [-0.05, 0) is 24.1 Å². The van der Waals surface area contributed by atoms with Gasteiger partial charge in [0, 0.05) is 17.0 Å². The lowest BCUT2D eigenvalue weighted by atomic mass is 10.0. The molecule has 1 aromatic rings. The SMILES string of the molecule is COC(=O)Cc1cc(C)c(CBr)cc1[N+](=O)[O-]. The van der Waals surface area contributed by atoms with E-state index >= 15 is 0 Å². The van der Waals surface area contributed by atoms with Crippen LogP contribution in [0.3, 0.4) is 0 Å². The summed E-state index contributed by atoms with van der Waals surface area (Å²) in [4.78, 5) is 21.6. The Hall–Kier alpha value is -1.43. The van der Waals surface area contributed by atoms with Crippen molar-refractivity contribution in [3.63, 3.8) is 0 Å². The first-order valence-electron chi connectivity index (χ1n) is 4.89. The summed E-state index contributed by atoms with van der Waals surface area (Å²) in [7, 11) is 1.26. The van der Waals surface area contributed by atoms with Crippen LogP contribution in [0.15, 0.2) is 12.1 Å². The van der Waals surface area contributed by atoms with Crippen LogP contribution in [0.4, 0.5) is 5.69 Å². The minimum absolute atomic E-state index is 0.0459. The van der Waals surface area contributed by atoms with E-state index < -0.39 is 10.9 Å². The molecule has 1 rings (SSSR count). The zero-order chi connectivity index (χ0) is 13.0. The summed E-state index contributed by atoms with van der Waals surface area (Å²) in [6.45, 7) is 1.85. The second-order valence-electron chi connectivity index (χ2n) is 3.55. The van der Waals surface area contributed by atoms with E-state index in [9.17, 15) is 14.9 Å². The Kier molecular flexibility index (Phi) is 4.62. The summed E-state index contributed by atoms with van der Waals surface area (Å²) < 4.78 is 4.51. The summed E-state index contributed by atoms with van der Waals surface area (Å²) in [5, 5.41) is 11.4. The van der Waals surface area contributed by atoms with Crippen LogP contribution in [-0.4, -0.2) is 18.0 Å². The maximum atomic E-state index is 11.2. The average molecular weight is 302 g/mol. The van der Waals surface area contributed by atoms with Crippen molar-refractivity contribution in [2.75, 3.05) is 7.11 Å². The van der Waals surface area contributed by atoms with E-state index in [1.54, 1.807) is 6.07 Å². The molecule has 0 aliphatic heterocycles. The lowest BCUT2D eigenvalue weighted by molar-refractivity contribution is -0.385. The molecule has 0 heterocycles. The molecule has 0 atom stereocenters. The topological polar surface area (TPSA) is 69.4 Å². The number of benzene rings is 1. The molecule has 5 nitrogen and oxygen atoms in total. The maximum absolute atomic E-state index is 11.2. The summed E-state index contributed by atoms with van der Waals surface area (Å²) >= 11 is 3.27. The van der Waals surface area contributed by atoms with Gasteiger partial charge in [-0.2, -0.15) is 0 Å². The molecule has 17 heavy (non-hydrogen) atoms. The van der Waals surface area contributed by atoms with Gasteiger partial charge in [0.2, 0.25) is 0 Å². The van der Waals surface area contributed by atoms with E-state index in [0.29, 0.717) is 10.9 Å². The fraction of sp³-hybridized carbons (Fsp3) is 0.364. The summed E-state index contributed by atoms with van der Waals surface area (Å²) in [5.41, 5.74) is 2.08. The standard InChI is InChI=1S/C11H12BrNO4/c1-7-3-8(5-11(14)17-2)10(13(15)16)4-9(7)6-12/h3-4H,5-6H2,1-2H3. The molecule has 6 heteroatoms. The Morgan fingerprint density at radius 2 is 2.12 bits per heavy atom. The van der Waals surface area contributed by atoms with Gasteiger partial charge in [0.1, 0.15) is 0 Å². The highest BCUT2D eigenvalue weighted by Crippen LogP contribution is 2.25. The van der Waals surface area contributed by atoms with Crippen LogP contribution in [0.25, 0.3) is 0 Å². The van der Waals surface area contributed by atoms with E-state index in [0.717, 1.165) is 11.1 Å². The van der Waals surface area contributed by atoms with Gasteiger partial charge < -0.3 is 4.74 Å². The number of esters is 1. The van der Waals surface area contributed by atoms with Crippen LogP contribution in [0.5, 0.6) is 0 Å². The summed E-state index contributed by atoms with van der Waals surface area (Å²) in [5.74, 6) is -0.487. The minimum Gasteiger partial charge on any atom is -0.469 e. The predicted octanol–water partition coefficient (Wildman–Crippen LogP) is 2.51. The van der Waals surface area contributed by atoms with Crippen LogP contribution in [0, 0.1) is 17.0 Å². The molecule has 0 bridgehead atoms. The van der Waals surface area contributed by atoms with Gasteiger partial charge >= 0.3 is 5.97 Å². The number of halogens is 1. The average Bonchev–Trinajstić information content (AvgIpc) is 2.28. The van der Waals surface area contributed by atoms with E-state index in [2.05, 4.69) is 20.7 Å².